The van der Waals surface area contributed by atoms with E-state index in [2.05, 4.69) is 5.32 Å². The van der Waals surface area contributed by atoms with Crippen LogP contribution in [0.2, 0.25) is 0 Å². The van der Waals surface area contributed by atoms with E-state index >= 15 is 0 Å². The minimum Gasteiger partial charge on any atom is -0.508 e. The van der Waals surface area contributed by atoms with Crippen molar-refractivity contribution in [2.75, 3.05) is 19.4 Å². The topological polar surface area (TPSA) is 257 Å². The summed E-state index contributed by atoms with van der Waals surface area (Å²) < 4.78 is 0. The van der Waals surface area contributed by atoms with Gasteiger partial charge in [-0.2, -0.15) is 0 Å². The van der Waals surface area contributed by atoms with Crippen LogP contribution in [0.15, 0.2) is 53.3 Å². The molecule has 0 radical (unpaired) electrons. The molecule has 2 aromatic rings. The number of carbonyl (C=O) groups is 4. The predicted octanol–water partition coefficient (Wildman–Crippen LogP) is -0.290. The van der Waals surface area contributed by atoms with E-state index in [0.29, 0.717) is 5.56 Å². The molecule has 11 N–H and O–H groups in total. The summed E-state index contributed by atoms with van der Waals surface area (Å²) in [7, 11) is 2.85. The molecular formula is C31H34N4O10. The third-order valence-corrected chi connectivity index (χ3v) is 9.12. The molecule has 1 saturated carbocycles. The maximum atomic E-state index is 14.1. The number of hydrogen-bond acceptors (Lipinski definition) is 12. The third-order valence-electron chi connectivity index (χ3n) is 9.12. The number of ketones is 2. The number of phenolic OH excluding ortho intramolecular Hbond substituents is 2. The standard InChI is InChI=1S/C31H34N4O10/c1-11-14-8-9-16(34-30(44)15(32)10-12-4-6-13(36)7-5-12)23(37)18(14)24(38)19-17(11)25(39)21-22(35(2)3)26(40)20(29(33)43)28(42)31(21,45)27(19)41/h4-9,11,15,17,21-22,25,36-39,42,45H,10,32H2,1-3H3,(H2,33,43)(H,34,44)/t11-,15-,17?,21+,22-,25-,31-/m0/s1. The van der Waals surface area contributed by atoms with Gasteiger partial charge in [0, 0.05) is 11.5 Å². The highest BCUT2D eigenvalue weighted by Crippen LogP contribution is 2.56. The summed E-state index contributed by atoms with van der Waals surface area (Å²) in [6, 6.07) is 6.38. The van der Waals surface area contributed by atoms with Gasteiger partial charge in [-0.15, -0.1) is 0 Å². The number of phenols is 2. The number of aliphatic hydroxyl groups excluding tert-OH is 3. The number of nitrogens with two attached hydrogens (primary N) is 2. The van der Waals surface area contributed by atoms with Crippen LogP contribution in [-0.2, 0) is 25.6 Å². The second-order valence-electron chi connectivity index (χ2n) is 11.9. The first-order valence-corrected chi connectivity index (χ1v) is 14.1. The Morgan fingerprint density at radius 3 is 2.24 bits per heavy atom. The largest absolute Gasteiger partial charge is 0.508 e. The van der Waals surface area contributed by atoms with Crippen molar-refractivity contribution in [2.45, 2.75) is 43.1 Å². The fourth-order valence-corrected chi connectivity index (χ4v) is 6.92. The zero-order chi connectivity index (χ0) is 33.3. The van der Waals surface area contributed by atoms with Gasteiger partial charge in [-0.05, 0) is 55.8 Å². The Balaban J connectivity index is 1.58. The van der Waals surface area contributed by atoms with Gasteiger partial charge in [0.2, 0.25) is 11.7 Å². The Labute approximate surface area is 256 Å². The van der Waals surface area contributed by atoms with Crippen LogP contribution in [-0.4, -0.2) is 96.8 Å². The minimum atomic E-state index is -3.04. The molecule has 5 rings (SSSR count). The molecule has 0 spiro atoms. The maximum Gasteiger partial charge on any atom is 0.255 e. The highest BCUT2D eigenvalue weighted by Gasteiger charge is 2.68. The maximum absolute atomic E-state index is 14.1. The van der Waals surface area contributed by atoms with Crippen molar-refractivity contribution in [1.29, 1.82) is 0 Å². The van der Waals surface area contributed by atoms with E-state index in [0.717, 1.165) is 0 Å². The molecule has 14 heteroatoms. The van der Waals surface area contributed by atoms with Gasteiger partial charge in [-0.1, -0.05) is 25.1 Å². The second kappa shape index (κ2) is 11.0. The van der Waals surface area contributed by atoms with Gasteiger partial charge in [0.25, 0.3) is 5.91 Å². The normalized spacial score (nSPS) is 28.4. The van der Waals surface area contributed by atoms with Crippen molar-refractivity contribution >= 4 is 34.8 Å². The molecule has 0 heterocycles. The Hall–Kier alpha value is -4.76. The first-order valence-electron chi connectivity index (χ1n) is 14.1. The molecule has 1 fully saturated rings. The monoisotopic (exact) mass is 622 g/mol. The lowest BCUT2D eigenvalue weighted by molar-refractivity contribution is -0.169. The summed E-state index contributed by atoms with van der Waals surface area (Å²) >= 11 is 0. The van der Waals surface area contributed by atoms with Crippen molar-refractivity contribution in [3.63, 3.8) is 0 Å². The van der Waals surface area contributed by atoms with Gasteiger partial charge in [-0.3, -0.25) is 24.1 Å². The molecule has 7 atom stereocenters. The van der Waals surface area contributed by atoms with Crippen molar-refractivity contribution in [3.8, 4) is 11.5 Å². The van der Waals surface area contributed by atoms with E-state index < -0.39 is 93.3 Å². The average molecular weight is 623 g/mol. The Bertz CT molecular complexity index is 1700. The van der Waals surface area contributed by atoms with Crippen LogP contribution < -0.4 is 16.8 Å². The molecule has 0 aliphatic heterocycles. The van der Waals surface area contributed by atoms with Crippen LogP contribution in [0.5, 0.6) is 11.5 Å². The molecule has 2 amide bonds. The molecule has 0 aromatic heterocycles. The van der Waals surface area contributed by atoms with Crippen LogP contribution in [0.3, 0.4) is 0 Å². The van der Waals surface area contributed by atoms with Crippen LogP contribution in [0.1, 0.15) is 29.5 Å². The zero-order valence-corrected chi connectivity index (χ0v) is 24.6. The van der Waals surface area contributed by atoms with Crippen LogP contribution in [0.25, 0.3) is 5.76 Å². The van der Waals surface area contributed by atoms with E-state index in [1.807, 2.05) is 0 Å². The van der Waals surface area contributed by atoms with Crippen LogP contribution in [0, 0.1) is 11.8 Å². The van der Waals surface area contributed by atoms with E-state index in [1.165, 1.54) is 43.3 Å². The fourth-order valence-electron chi connectivity index (χ4n) is 6.92. The fraction of sp³-hybridized carbons (Fsp3) is 0.355. The van der Waals surface area contributed by atoms with E-state index in [1.54, 1.807) is 19.1 Å². The number of fused-ring (bicyclic) bond motifs is 3. The molecular weight excluding hydrogens is 588 g/mol. The number of aromatic hydroxyl groups is 2. The van der Waals surface area contributed by atoms with Gasteiger partial charge in [0.15, 0.2) is 11.4 Å². The summed E-state index contributed by atoms with van der Waals surface area (Å²) in [5, 5.41) is 69.1. The van der Waals surface area contributed by atoms with Gasteiger partial charge in [0.05, 0.1) is 35.4 Å². The van der Waals surface area contributed by atoms with Crippen LogP contribution >= 0.6 is 0 Å². The highest BCUT2D eigenvalue weighted by molar-refractivity contribution is 6.24. The third kappa shape index (κ3) is 4.64. The number of aliphatic hydroxyl groups is 4. The highest BCUT2D eigenvalue weighted by atomic mass is 16.4. The summed E-state index contributed by atoms with van der Waals surface area (Å²) in [6.45, 7) is 1.60. The first-order chi connectivity index (χ1) is 21.0. The summed E-state index contributed by atoms with van der Waals surface area (Å²) in [4.78, 5) is 53.7. The van der Waals surface area contributed by atoms with Crippen molar-refractivity contribution < 1.29 is 49.8 Å². The Morgan fingerprint density at radius 1 is 1.04 bits per heavy atom. The van der Waals surface area contributed by atoms with Gasteiger partial charge in [0.1, 0.15) is 28.6 Å². The number of anilines is 1. The number of nitrogens with one attached hydrogen (secondary N) is 1. The molecule has 2 aromatic carbocycles. The van der Waals surface area contributed by atoms with Gasteiger partial charge in [-0.25, -0.2) is 0 Å². The molecule has 14 nitrogen and oxygen atoms in total. The molecule has 1 unspecified atom stereocenters. The predicted molar refractivity (Wildman–Crippen MR) is 159 cm³/mol. The number of carbonyl (C=O) groups excluding carboxylic acids is 4. The zero-order valence-electron chi connectivity index (χ0n) is 24.6. The summed E-state index contributed by atoms with van der Waals surface area (Å²) in [6.07, 6.45) is -1.63. The second-order valence-corrected chi connectivity index (χ2v) is 11.9. The van der Waals surface area contributed by atoms with Crippen molar-refractivity contribution in [1.82, 2.24) is 4.90 Å². The number of Topliss-reactive ketones (excluding diaryl/α,β-unsaturated/α-hetero) is 2. The molecule has 3 aliphatic carbocycles. The SMILES string of the molecule is C[C@H]1c2ccc(NC(=O)[C@@H](N)Cc3ccc(O)cc3)c(O)c2C(O)=C2C(=O)[C@]3(O)C(O)=C(C(N)=O)C(=O)[C@@H](N(C)C)[C@@H]3[C@@H](O)C21. The Morgan fingerprint density at radius 2 is 1.67 bits per heavy atom. The smallest absolute Gasteiger partial charge is 0.255 e. The van der Waals surface area contributed by atoms with Gasteiger partial charge < -0.3 is 47.4 Å². The quantitative estimate of drug-likeness (QED) is 0.149. The lowest BCUT2D eigenvalue weighted by Gasteiger charge is -2.53. The lowest BCUT2D eigenvalue weighted by atomic mass is 9.54. The average Bonchev–Trinajstić information content (AvgIpc) is 2.96. The molecule has 238 valence electrons. The van der Waals surface area contributed by atoms with E-state index in [9.17, 15) is 49.8 Å². The molecule has 3 aliphatic rings. The number of benzene rings is 2. The molecule has 0 saturated heterocycles. The lowest BCUT2D eigenvalue weighted by Crippen LogP contribution is -2.70. The Kier molecular flexibility index (Phi) is 7.74. The van der Waals surface area contributed by atoms with Crippen molar-refractivity contribution in [2.24, 2.45) is 23.3 Å². The number of rotatable bonds is 6. The first kappa shape index (κ1) is 31.7. The number of amides is 2. The van der Waals surface area contributed by atoms with Gasteiger partial charge >= 0.3 is 0 Å². The van der Waals surface area contributed by atoms with E-state index in [4.69, 9.17) is 11.5 Å². The van der Waals surface area contributed by atoms with Crippen LogP contribution in [0.4, 0.5) is 5.69 Å². The number of nitrogens with zero attached hydrogens (tertiary/aromatic N) is 1. The summed E-state index contributed by atoms with van der Waals surface area (Å²) in [5.41, 5.74) is 7.31. The summed E-state index contributed by atoms with van der Waals surface area (Å²) in [5.74, 6) is -10.8. The minimum absolute atomic E-state index is 0.0433. The number of primary amides is 1. The van der Waals surface area contributed by atoms with E-state index in [-0.39, 0.29) is 29.0 Å². The molecule has 0 bridgehead atoms. The number of hydrogen-bond donors (Lipinski definition) is 9. The molecule has 45 heavy (non-hydrogen) atoms. The number of likely N-dealkylation sites (N-methyl/N-ethyl adjacent to an activating group) is 1. The van der Waals surface area contributed by atoms with Crippen molar-refractivity contribution in [3.05, 3.63) is 70.0 Å².